The van der Waals surface area contributed by atoms with E-state index in [2.05, 4.69) is 11.4 Å². The van der Waals surface area contributed by atoms with Crippen molar-refractivity contribution in [3.05, 3.63) is 29.8 Å². The Morgan fingerprint density at radius 2 is 2.05 bits per heavy atom. The van der Waals surface area contributed by atoms with Gasteiger partial charge in [0.25, 0.3) is 0 Å². The van der Waals surface area contributed by atoms with Gasteiger partial charge in [0.1, 0.15) is 18.5 Å². The standard InChI is InChI=1S/C17H22N2O2/c18-9-13-1-5-16(6-2-13)21-11-15(20)10-19-12-17(7-8-17)14-3-4-14/h1-2,5-6,14-15,19-20H,3-4,7-8,10-12H2. The monoisotopic (exact) mass is 286 g/mol. The molecule has 0 bridgehead atoms. The van der Waals surface area contributed by atoms with E-state index in [1.54, 1.807) is 24.3 Å². The van der Waals surface area contributed by atoms with Crippen molar-refractivity contribution in [1.29, 1.82) is 5.26 Å². The summed E-state index contributed by atoms with van der Waals surface area (Å²) in [5.41, 5.74) is 1.17. The van der Waals surface area contributed by atoms with Crippen LogP contribution in [0.5, 0.6) is 5.75 Å². The van der Waals surface area contributed by atoms with Gasteiger partial charge >= 0.3 is 0 Å². The number of nitrogens with zero attached hydrogens (tertiary/aromatic N) is 1. The molecule has 3 rings (SSSR count). The third kappa shape index (κ3) is 3.75. The lowest BCUT2D eigenvalue weighted by Gasteiger charge is -2.17. The van der Waals surface area contributed by atoms with E-state index in [9.17, 15) is 5.11 Å². The number of benzene rings is 1. The third-order valence-corrected chi connectivity index (χ3v) is 4.62. The van der Waals surface area contributed by atoms with Gasteiger partial charge in [-0.25, -0.2) is 0 Å². The van der Waals surface area contributed by atoms with Crippen molar-refractivity contribution in [3.8, 4) is 11.8 Å². The second-order valence-corrected chi connectivity index (χ2v) is 6.37. The van der Waals surface area contributed by atoms with Gasteiger partial charge in [-0.3, -0.25) is 0 Å². The molecule has 0 heterocycles. The lowest BCUT2D eigenvalue weighted by atomic mass is 10.0. The first-order valence-electron chi connectivity index (χ1n) is 7.74. The Labute approximate surface area is 125 Å². The van der Waals surface area contributed by atoms with Crippen LogP contribution in [0.15, 0.2) is 24.3 Å². The summed E-state index contributed by atoms with van der Waals surface area (Å²) in [6, 6.07) is 9.01. The molecule has 21 heavy (non-hydrogen) atoms. The van der Waals surface area contributed by atoms with Gasteiger partial charge in [-0.15, -0.1) is 0 Å². The number of rotatable bonds is 8. The lowest BCUT2D eigenvalue weighted by molar-refractivity contribution is 0.104. The van der Waals surface area contributed by atoms with Crippen LogP contribution < -0.4 is 10.1 Å². The van der Waals surface area contributed by atoms with Crippen molar-refractivity contribution in [2.75, 3.05) is 19.7 Å². The van der Waals surface area contributed by atoms with Gasteiger partial charge in [0.2, 0.25) is 0 Å². The molecule has 0 amide bonds. The van der Waals surface area contributed by atoms with Crippen LogP contribution >= 0.6 is 0 Å². The summed E-state index contributed by atoms with van der Waals surface area (Å²) in [7, 11) is 0. The average Bonchev–Trinajstić information content (AvgIpc) is 3.38. The number of aliphatic hydroxyl groups excluding tert-OH is 1. The van der Waals surface area contributed by atoms with Crippen LogP contribution in [0.4, 0.5) is 0 Å². The molecule has 2 saturated carbocycles. The molecule has 2 aliphatic carbocycles. The van der Waals surface area contributed by atoms with Crippen LogP contribution in [0.25, 0.3) is 0 Å². The fraction of sp³-hybridized carbons (Fsp3) is 0.588. The van der Waals surface area contributed by atoms with E-state index in [0.717, 1.165) is 12.5 Å². The van der Waals surface area contributed by atoms with E-state index in [1.165, 1.54) is 25.7 Å². The maximum atomic E-state index is 9.94. The van der Waals surface area contributed by atoms with Gasteiger partial charge < -0.3 is 15.2 Å². The summed E-state index contributed by atoms with van der Waals surface area (Å²) in [5.74, 6) is 1.63. The highest BCUT2D eigenvalue weighted by Crippen LogP contribution is 2.60. The lowest BCUT2D eigenvalue weighted by Crippen LogP contribution is -2.35. The van der Waals surface area contributed by atoms with Crippen molar-refractivity contribution < 1.29 is 9.84 Å². The molecule has 0 aliphatic heterocycles. The Morgan fingerprint density at radius 3 is 2.62 bits per heavy atom. The minimum absolute atomic E-state index is 0.273. The second-order valence-electron chi connectivity index (χ2n) is 6.37. The minimum Gasteiger partial charge on any atom is -0.491 e. The third-order valence-electron chi connectivity index (χ3n) is 4.62. The number of nitriles is 1. The Balaban J connectivity index is 1.34. The maximum absolute atomic E-state index is 9.94. The average molecular weight is 286 g/mol. The molecule has 2 aliphatic rings. The molecule has 0 radical (unpaired) electrons. The number of hydrogen-bond acceptors (Lipinski definition) is 4. The van der Waals surface area contributed by atoms with Crippen molar-refractivity contribution in [1.82, 2.24) is 5.32 Å². The van der Waals surface area contributed by atoms with Crippen molar-refractivity contribution in [2.24, 2.45) is 11.3 Å². The van der Waals surface area contributed by atoms with Gasteiger partial charge in [-0.2, -0.15) is 5.26 Å². The molecule has 4 nitrogen and oxygen atoms in total. The smallest absolute Gasteiger partial charge is 0.119 e. The Kier molecular flexibility index (Phi) is 4.14. The van der Waals surface area contributed by atoms with E-state index < -0.39 is 6.10 Å². The molecule has 1 aromatic rings. The molecule has 0 aromatic heterocycles. The molecule has 1 aromatic carbocycles. The second kappa shape index (κ2) is 6.05. The van der Waals surface area contributed by atoms with E-state index in [1.807, 2.05) is 0 Å². The summed E-state index contributed by atoms with van der Waals surface area (Å²) in [6.45, 7) is 1.88. The van der Waals surface area contributed by atoms with Gasteiger partial charge in [-0.05, 0) is 61.3 Å². The number of hydrogen-bond donors (Lipinski definition) is 2. The predicted molar refractivity (Wildman–Crippen MR) is 79.9 cm³/mol. The largest absolute Gasteiger partial charge is 0.491 e. The summed E-state index contributed by atoms with van der Waals surface area (Å²) in [6.07, 6.45) is 4.99. The van der Waals surface area contributed by atoms with Crippen LogP contribution in [-0.2, 0) is 0 Å². The minimum atomic E-state index is -0.504. The van der Waals surface area contributed by atoms with Gasteiger partial charge in [-0.1, -0.05) is 0 Å². The summed E-state index contributed by atoms with van der Waals surface area (Å²) < 4.78 is 5.53. The SMILES string of the molecule is N#Cc1ccc(OCC(O)CNCC2(C3CC3)CC2)cc1. The molecule has 1 atom stereocenters. The van der Waals surface area contributed by atoms with Gasteiger partial charge in [0.15, 0.2) is 0 Å². The highest BCUT2D eigenvalue weighted by atomic mass is 16.5. The fourth-order valence-electron chi connectivity index (χ4n) is 2.95. The van der Waals surface area contributed by atoms with Gasteiger partial charge in [0.05, 0.1) is 11.6 Å². The summed E-state index contributed by atoms with van der Waals surface area (Å²) >= 11 is 0. The van der Waals surface area contributed by atoms with Gasteiger partial charge in [0, 0.05) is 13.1 Å². The Hall–Kier alpha value is -1.57. The van der Waals surface area contributed by atoms with Crippen molar-refractivity contribution in [3.63, 3.8) is 0 Å². The molecule has 2 N–H and O–H groups in total. The molecule has 0 saturated heterocycles. The normalized spacial score (nSPS) is 20.6. The molecular weight excluding hydrogens is 264 g/mol. The first-order valence-corrected chi connectivity index (χ1v) is 7.74. The Morgan fingerprint density at radius 1 is 1.33 bits per heavy atom. The highest BCUT2D eigenvalue weighted by molar-refractivity contribution is 5.34. The fourth-order valence-corrected chi connectivity index (χ4v) is 2.95. The molecule has 2 fully saturated rings. The van der Waals surface area contributed by atoms with Crippen molar-refractivity contribution in [2.45, 2.75) is 31.8 Å². The first kappa shape index (κ1) is 14.4. The highest BCUT2D eigenvalue weighted by Gasteiger charge is 2.53. The number of ether oxygens (including phenoxy) is 1. The first-order chi connectivity index (χ1) is 10.2. The van der Waals surface area contributed by atoms with Crippen molar-refractivity contribution >= 4 is 0 Å². The molecule has 1 unspecified atom stereocenters. The van der Waals surface area contributed by atoms with E-state index in [-0.39, 0.29) is 6.61 Å². The van der Waals surface area contributed by atoms with E-state index >= 15 is 0 Å². The van der Waals surface area contributed by atoms with Crippen LogP contribution in [0.2, 0.25) is 0 Å². The number of nitrogens with one attached hydrogen (secondary N) is 1. The van der Waals surface area contributed by atoms with Crippen LogP contribution in [0.1, 0.15) is 31.2 Å². The summed E-state index contributed by atoms with van der Waals surface area (Å²) in [4.78, 5) is 0. The number of aliphatic hydroxyl groups is 1. The zero-order chi connectivity index (χ0) is 14.7. The predicted octanol–water partition coefficient (Wildman–Crippen LogP) is 2.08. The Bertz CT molecular complexity index is 513. The zero-order valence-electron chi connectivity index (χ0n) is 12.2. The molecule has 112 valence electrons. The summed E-state index contributed by atoms with van der Waals surface area (Å²) in [5, 5.41) is 22.1. The quantitative estimate of drug-likeness (QED) is 0.768. The zero-order valence-corrected chi connectivity index (χ0v) is 12.2. The molecule has 4 heteroatoms. The van der Waals surface area contributed by atoms with Crippen LogP contribution in [0, 0.1) is 22.7 Å². The van der Waals surface area contributed by atoms with Crippen LogP contribution in [0.3, 0.4) is 0 Å². The maximum Gasteiger partial charge on any atom is 0.119 e. The van der Waals surface area contributed by atoms with E-state index in [0.29, 0.717) is 23.3 Å². The molecule has 0 spiro atoms. The topological polar surface area (TPSA) is 65.3 Å². The van der Waals surface area contributed by atoms with E-state index in [4.69, 9.17) is 10.00 Å². The van der Waals surface area contributed by atoms with Crippen LogP contribution in [-0.4, -0.2) is 30.9 Å². The molecular formula is C17H22N2O2.